The van der Waals surface area contributed by atoms with Gasteiger partial charge in [0.15, 0.2) is 5.69 Å². The predicted molar refractivity (Wildman–Crippen MR) is 68.4 cm³/mol. The molecule has 0 bridgehead atoms. The second-order valence-electron chi connectivity index (χ2n) is 3.93. The van der Waals surface area contributed by atoms with Crippen molar-refractivity contribution in [3.8, 4) is 17.2 Å². The van der Waals surface area contributed by atoms with E-state index in [0.717, 1.165) is 0 Å². The maximum atomic E-state index is 10.9. The molecule has 0 aliphatic rings. The molecule has 1 N–H and O–H groups in total. The van der Waals surface area contributed by atoms with E-state index in [1.165, 1.54) is 17.9 Å². The zero-order valence-corrected chi connectivity index (χ0v) is 10.9. The summed E-state index contributed by atoms with van der Waals surface area (Å²) in [5.41, 5.74) is 1.37. The monoisotopic (exact) mass is 262 g/mol. The number of aromatic carboxylic acids is 1. The van der Waals surface area contributed by atoms with E-state index in [1.54, 1.807) is 32.2 Å². The molecule has 100 valence electrons. The number of hydrogen-bond donors (Lipinski definition) is 1. The van der Waals surface area contributed by atoms with Crippen LogP contribution < -0.4 is 9.47 Å². The van der Waals surface area contributed by atoms with Crippen LogP contribution in [0.15, 0.2) is 24.3 Å². The zero-order valence-electron chi connectivity index (χ0n) is 10.9. The van der Waals surface area contributed by atoms with Crippen molar-refractivity contribution in [3.63, 3.8) is 0 Å². The summed E-state index contributed by atoms with van der Waals surface area (Å²) in [4.78, 5) is 10.9. The summed E-state index contributed by atoms with van der Waals surface area (Å²) >= 11 is 0. The number of aryl methyl sites for hydroxylation is 1. The second kappa shape index (κ2) is 5.01. The minimum absolute atomic E-state index is 0.00429. The van der Waals surface area contributed by atoms with E-state index >= 15 is 0 Å². The highest BCUT2D eigenvalue weighted by Crippen LogP contribution is 2.28. The number of nitrogens with zero attached hydrogens (tertiary/aromatic N) is 2. The maximum Gasteiger partial charge on any atom is 0.356 e. The SMILES string of the molecule is COc1ccc(-n2nc(C(=O)O)cc2C)c(OC)c1. The van der Waals surface area contributed by atoms with Crippen molar-refractivity contribution in [1.82, 2.24) is 9.78 Å². The summed E-state index contributed by atoms with van der Waals surface area (Å²) in [7, 11) is 3.10. The molecule has 0 radical (unpaired) electrons. The van der Waals surface area contributed by atoms with Crippen LogP contribution in [0.4, 0.5) is 0 Å². The third kappa shape index (κ3) is 2.37. The van der Waals surface area contributed by atoms with Crippen LogP contribution in [0, 0.1) is 6.92 Å². The van der Waals surface area contributed by atoms with Gasteiger partial charge >= 0.3 is 5.97 Å². The van der Waals surface area contributed by atoms with Gasteiger partial charge in [-0.05, 0) is 25.1 Å². The first kappa shape index (κ1) is 12.9. The lowest BCUT2D eigenvalue weighted by atomic mass is 10.2. The quantitative estimate of drug-likeness (QED) is 0.910. The fraction of sp³-hybridized carbons (Fsp3) is 0.231. The van der Waals surface area contributed by atoms with Crippen molar-refractivity contribution in [1.29, 1.82) is 0 Å². The molecule has 2 aromatic rings. The molecular formula is C13H14N2O4. The minimum Gasteiger partial charge on any atom is -0.497 e. The lowest BCUT2D eigenvalue weighted by Gasteiger charge is -2.11. The summed E-state index contributed by atoms with van der Waals surface area (Å²) in [6.45, 7) is 1.78. The fourth-order valence-corrected chi connectivity index (χ4v) is 1.78. The number of carboxylic acid groups (broad SMARTS) is 1. The average molecular weight is 262 g/mol. The first-order chi connectivity index (χ1) is 9.06. The van der Waals surface area contributed by atoms with Crippen LogP contribution in [-0.4, -0.2) is 35.1 Å². The topological polar surface area (TPSA) is 73.6 Å². The molecule has 6 heteroatoms. The van der Waals surface area contributed by atoms with Crippen LogP contribution in [0.5, 0.6) is 11.5 Å². The van der Waals surface area contributed by atoms with Crippen molar-refractivity contribution in [2.45, 2.75) is 6.92 Å². The van der Waals surface area contributed by atoms with Gasteiger partial charge in [-0.2, -0.15) is 5.10 Å². The highest BCUT2D eigenvalue weighted by Gasteiger charge is 2.15. The third-order valence-corrected chi connectivity index (χ3v) is 2.72. The molecule has 0 fully saturated rings. The molecule has 0 amide bonds. The molecule has 0 unspecified atom stereocenters. The van der Waals surface area contributed by atoms with Crippen LogP contribution in [0.25, 0.3) is 5.69 Å². The van der Waals surface area contributed by atoms with Crippen molar-refractivity contribution < 1.29 is 19.4 Å². The number of aromatic nitrogens is 2. The Kier molecular flexibility index (Phi) is 3.41. The molecule has 0 saturated carbocycles. The Bertz CT molecular complexity index is 619. The number of benzene rings is 1. The van der Waals surface area contributed by atoms with Gasteiger partial charge in [-0.25, -0.2) is 9.48 Å². The van der Waals surface area contributed by atoms with Gasteiger partial charge in [0, 0.05) is 11.8 Å². The molecule has 2 rings (SSSR count). The molecule has 1 heterocycles. The van der Waals surface area contributed by atoms with E-state index in [1.807, 2.05) is 0 Å². The van der Waals surface area contributed by atoms with E-state index in [4.69, 9.17) is 14.6 Å². The number of methoxy groups -OCH3 is 2. The van der Waals surface area contributed by atoms with Gasteiger partial charge < -0.3 is 14.6 Å². The number of ether oxygens (including phenoxy) is 2. The van der Waals surface area contributed by atoms with Crippen molar-refractivity contribution in [3.05, 3.63) is 35.7 Å². The van der Waals surface area contributed by atoms with Gasteiger partial charge in [0.2, 0.25) is 0 Å². The number of hydrogen-bond acceptors (Lipinski definition) is 4. The van der Waals surface area contributed by atoms with Gasteiger partial charge in [-0.1, -0.05) is 0 Å². The standard InChI is InChI=1S/C13H14N2O4/c1-8-6-10(13(16)17)14-15(8)11-5-4-9(18-2)7-12(11)19-3/h4-7H,1-3H3,(H,16,17). The Labute approximate surface area is 110 Å². The summed E-state index contributed by atoms with van der Waals surface area (Å²) in [6, 6.07) is 6.76. The molecule has 0 saturated heterocycles. The first-order valence-electron chi connectivity index (χ1n) is 5.59. The third-order valence-electron chi connectivity index (χ3n) is 2.72. The lowest BCUT2D eigenvalue weighted by Crippen LogP contribution is -2.04. The predicted octanol–water partition coefficient (Wildman–Crippen LogP) is 1.90. The summed E-state index contributed by atoms with van der Waals surface area (Å²) in [6.07, 6.45) is 0. The molecule has 0 atom stereocenters. The van der Waals surface area contributed by atoms with Gasteiger partial charge in [0.05, 0.1) is 14.2 Å². The van der Waals surface area contributed by atoms with Gasteiger partial charge in [-0.15, -0.1) is 0 Å². The van der Waals surface area contributed by atoms with Crippen LogP contribution in [0.2, 0.25) is 0 Å². The number of carboxylic acids is 1. The molecule has 0 aliphatic heterocycles. The largest absolute Gasteiger partial charge is 0.497 e. The average Bonchev–Trinajstić information content (AvgIpc) is 2.80. The number of rotatable bonds is 4. The highest BCUT2D eigenvalue weighted by molar-refractivity contribution is 5.85. The highest BCUT2D eigenvalue weighted by atomic mass is 16.5. The van der Waals surface area contributed by atoms with Crippen molar-refractivity contribution >= 4 is 5.97 Å². The Hall–Kier alpha value is -2.50. The maximum absolute atomic E-state index is 10.9. The first-order valence-corrected chi connectivity index (χ1v) is 5.59. The van der Waals surface area contributed by atoms with Crippen molar-refractivity contribution in [2.75, 3.05) is 14.2 Å². The van der Waals surface area contributed by atoms with E-state index in [-0.39, 0.29) is 5.69 Å². The van der Waals surface area contributed by atoms with Crippen LogP contribution in [-0.2, 0) is 0 Å². The fourth-order valence-electron chi connectivity index (χ4n) is 1.78. The Morgan fingerprint density at radius 1 is 1.26 bits per heavy atom. The Morgan fingerprint density at radius 3 is 2.53 bits per heavy atom. The van der Waals surface area contributed by atoms with E-state index in [9.17, 15) is 4.79 Å². The molecule has 0 aliphatic carbocycles. The Balaban J connectivity index is 2.55. The van der Waals surface area contributed by atoms with E-state index in [2.05, 4.69) is 5.10 Å². The smallest absolute Gasteiger partial charge is 0.356 e. The Morgan fingerprint density at radius 2 is 2.00 bits per heavy atom. The molecule has 6 nitrogen and oxygen atoms in total. The molecule has 0 spiro atoms. The van der Waals surface area contributed by atoms with Crippen LogP contribution in [0.3, 0.4) is 0 Å². The van der Waals surface area contributed by atoms with Crippen molar-refractivity contribution in [2.24, 2.45) is 0 Å². The molecular weight excluding hydrogens is 248 g/mol. The minimum atomic E-state index is -1.06. The van der Waals surface area contributed by atoms with Gasteiger partial charge in [0.25, 0.3) is 0 Å². The molecule has 19 heavy (non-hydrogen) atoms. The lowest BCUT2D eigenvalue weighted by molar-refractivity contribution is 0.0690. The zero-order chi connectivity index (χ0) is 14.0. The van der Waals surface area contributed by atoms with E-state index in [0.29, 0.717) is 22.9 Å². The second-order valence-corrected chi connectivity index (χ2v) is 3.93. The van der Waals surface area contributed by atoms with Gasteiger partial charge in [0.1, 0.15) is 17.2 Å². The normalized spacial score (nSPS) is 10.3. The van der Waals surface area contributed by atoms with Crippen LogP contribution >= 0.6 is 0 Å². The summed E-state index contributed by atoms with van der Waals surface area (Å²) in [5, 5.41) is 13.0. The molecule has 1 aromatic carbocycles. The molecule has 1 aromatic heterocycles. The summed E-state index contributed by atoms with van der Waals surface area (Å²) < 4.78 is 11.9. The summed E-state index contributed by atoms with van der Waals surface area (Å²) in [5.74, 6) is 0.153. The van der Waals surface area contributed by atoms with Crippen LogP contribution in [0.1, 0.15) is 16.2 Å². The van der Waals surface area contributed by atoms with E-state index < -0.39 is 5.97 Å². The van der Waals surface area contributed by atoms with Gasteiger partial charge in [-0.3, -0.25) is 0 Å². The number of carbonyl (C=O) groups is 1.